The Balaban J connectivity index is 1.20. The maximum Gasteiger partial charge on any atom is 0.265 e. The first kappa shape index (κ1) is 23.7. The number of anilines is 1. The summed E-state index contributed by atoms with van der Waals surface area (Å²) in [6.07, 6.45) is 5.76. The zero-order valence-electron chi connectivity index (χ0n) is 21.0. The second kappa shape index (κ2) is 9.30. The molecule has 1 aliphatic heterocycles. The molecular weight excluding hydrogens is 486 g/mol. The van der Waals surface area contributed by atoms with E-state index in [-0.39, 0.29) is 24.3 Å². The maximum absolute atomic E-state index is 13.4. The Bertz CT molecular complexity index is 1510. The molecule has 3 heterocycles. The molecule has 6 rings (SSSR count). The minimum absolute atomic E-state index is 0.0725. The lowest BCUT2D eigenvalue weighted by molar-refractivity contribution is 0.0657. The highest BCUT2D eigenvalue weighted by atomic mass is 32.1. The van der Waals surface area contributed by atoms with Gasteiger partial charge in [-0.2, -0.15) is 0 Å². The average molecular weight is 516 g/mol. The molecule has 1 aliphatic carbocycles. The highest BCUT2D eigenvalue weighted by Crippen LogP contribution is 2.31. The Hall–Kier alpha value is -3.72. The number of carbonyl (C=O) groups excluding carboxylic acids is 3. The van der Waals surface area contributed by atoms with Crippen LogP contribution in [0.25, 0.3) is 16.0 Å². The maximum atomic E-state index is 13.4. The highest BCUT2D eigenvalue weighted by Gasteiger charge is 2.34. The monoisotopic (exact) mass is 515 g/mol. The Kier molecular flexibility index (Phi) is 5.95. The van der Waals surface area contributed by atoms with Crippen molar-refractivity contribution in [3.8, 4) is 0 Å². The number of benzene rings is 2. The number of hydrogen-bond acceptors (Lipinski definition) is 6. The molecule has 4 aromatic rings. The van der Waals surface area contributed by atoms with Crippen LogP contribution >= 0.6 is 11.3 Å². The third-order valence-electron chi connectivity index (χ3n) is 7.66. The molecule has 190 valence electrons. The van der Waals surface area contributed by atoms with Crippen LogP contribution in [0.3, 0.4) is 0 Å². The van der Waals surface area contributed by atoms with Crippen LogP contribution < -0.4 is 5.32 Å². The molecule has 0 spiro atoms. The number of hydrogen-bond donors (Lipinski definition) is 1. The molecule has 0 radical (unpaired) electrons. The van der Waals surface area contributed by atoms with Crippen LogP contribution in [0.4, 0.5) is 5.69 Å². The Labute approximate surface area is 218 Å². The number of carbonyl (C=O) groups is 3. The van der Waals surface area contributed by atoms with Gasteiger partial charge in [-0.25, -0.2) is 4.98 Å². The number of aromatic nitrogens is 2. The largest absolute Gasteiger partial charge is 0.383 e. The second-order valence-corrected chi connectivity index (χ2v) is 10.9. The summed E-state index contributed by atoms with van der Waals surface area (Å²) in [4.78, 5) is 48.1. The molecule has 0 atom stereocenters. The molecule has 0 unspecified atom stereocenters. The highest BCUT2D eigenvalue weighted by molar-refractivity contribution is 7.19. The van der Waals surface area contributed by atoms with Crippen molar-refractivity contribution in [1.82, 2.24) is 19.2 Å². The summed E-state index contributed by atoms with van der Waals surface area (Å²) < 4.78 is 2.05. The first-order valence-corrected chi connectivity index (χ1v) is 13.6. The Morgan fingerprint density at radius 1 is 1.08 bits per heavy atom. The van der Waals surface area contributed by atoms with E-state index in [1.807, 2.05) is 37.1 Å². The average Bonchev–Trinajstić information content (AvgIpc) is 3.53. The number of imidazole rings is 1. The van der Waals surface area contributed by atoms with E-state index in [2.05, 4.69) is 9.72 Å². The van der Waals surface area contributed by atoms with Gasteiger partial charge < -0.3 is 10.2 Å². The van der Waals surface area contributed by atoms with Gasteiger partial charge in [0.1, 0.15) is 4.88 Å². The molecule has 37 heavy (non-hydrogen) atoms. The fraction of sp³-hybridized carbons (Fsp3) is 0.357. The summed E-state index contributed by atoms with van der Waals surface area (Å²) in [5, 5.41) is 3.34. The summed E-state index contributed by atoms with van der Waals surface area (Å²) in [6.45, 7) is 2.68. The molecule has 1 N–H and O–H groups in total. The molecule has 2 aliphatic rings. The molecule has 1 fully saturated rings. The fourth-order valence-corrected chi connectivity index (χ4v) is 6.69. The molecule has 2 aromatic heterocycles. The summed E-state index contributed by atoms with van der Waals surface area (Å²) in [6, 6.07) is 13.1. The van der Waals surface area contributed by atoms with E-state index in [9.17, 15) is 14.4 Å². The number of nitrogens with one attached hydrogen (secondary N) is 1. The zero-order chi connectivity index (χ0) is 25.7. The minimum atomic E-state index is -0.250. The van der Waals surface area contributed by atoms with E-state index in [0.29, 0.717) is 23.7 Å². The third-order valence-corrected chi connectivity index (χ3v) is 8.79. The predicted octanol–water partition coefficient (Wildman–Crippen LogP) is 4.97. The molecule has 2 aromatic carbocycles. The van der Waals surface area contributed by atoms with Crippen molar-refractivity contribution in [2.24, 2.45) is 0 Å². The summed E-state index contributed by atoms with van der Waals surface area (Å²) >= 11 is 1.44. The molecule has 3 amide bonds. The number of rotatable bonds is 6. The molecular formula is C28H29N5O3S. The van der Waals surface area contributed by atoms with Gasteiger partial charge in [0.05, 0.1) is 22.2 Å². The number of fused-ring (bicyclic) bond motifs is 4. The van der Waals surface area contributed by atoms with E-state index in [4.69, 9.17) is 4.98 Å². The van der Waals surface area contributed by atoms with Crippen molar-refractivity contribution in [1.29, 1.82) is 0 Å². The van der Waals surface area contributed by atoms with E-state index >= 15 is 0 Å². The standard InChI is InChI=1S/C28H29N5O3S/c1-17-24(27(36)31(2)19-8-4-3-5-9-19)37-28-30-22-13-12-18(16-23(22)33(17)28)29-14-15-32-25(34)20-10-6-7-11-21(20)26(32)35/h6-7,10-13,16,19,29H,3-5,8-9,14-15H2,1-2H3. The smallest absolute Gasteiger partial charge is 0.265 e. The van der Waals surface area contributed by atoms with E-state index in [0.717, 1.165) is 45.1 Å². The minimum Gasteiger partial charge on any atom is -0.383 e. The van der Waals surface area contributed by atoms with Crippen LogP contribution in [0, 0.1) is 6.92 Å². The Morgan fingerprint density at radius 2 is 1.78 bits per heavy atom. The first-order valence-electron chi connectivity index (χ1n) is 12.8. The number of nitrogens with zero attached hydrogens (tertiary/aromatic N) is 4. The van der Waals surface area contributed by atoms with Crippen LogP contribution in [0.1, 0.15) is 68.2 Å². The fourth-order valence-electron chi connectivity index (χ4n) is 5.57. The summed E-state index contributed by atoms with van der Waals surface area (Å²) in [5.41, 5.74) is 4.47. The van der Waals surface area contributed by atoms with Crippen molar-refractivity contribution in [3.05, 3.63) is 64.2 Å². The van der Waals surface area contributed by atoms with Gasteiger partial charge in [0, 0.05) is 37.6 Å². The van der Waals surface area contributed by atoms with Crippen LogP contribution in [-0.2, 0) is 0 Å². The zero-order valence-corrected chi connectivity index (χ0v) is 21.8. The van der Waals surface area contributed by atoms with Crippen molar-refractivity contribution in [3.63, 3.8) is 0 Å². The summed E-state index contributed by atoms with van der Waals surface area (Å²) in [7, 11) is 1.93. The van der Waals surface area contributed by atoms with Crippen LogP contribution in [-0.4, -0.2) is 63.1 Å². The SMILES string of the molecule is Cc1c(C(=O)N(C)C2CCCCC2)sc2nc3ccc(NCCN4C(=O)c5ccccc5C4=O)cc3n12. The lowest BCUT2D eigenvalue weighted by Gasteiger charge is -2.31. The molecule has 8 nitrogen and oxygen atoms in total. The van der Waals surface area contributed by atoms with Gasteiger partial charge in [0.15, 0.2) is 4.96 Å². The van der Waals surface area contributed by atoms with Crippen molar-refractivity contribution < 1.29 is 14.4 Å². The topological polar surface area (TPSA) is 87.0 Å². The van der Waals surface area contributed by atoms with Gasteiger partial charge in [0.25, 0.3) is 17.7 Å². The third kappa shape index (κ3) is 3.98. The lowest BCUT2D eigenvalue weighted by atomic mass is 9.94. The van der Waals surface area contributed by atoms with Gasteiger partial charge in [-0.05, 0) is 50.1 Å². The van der Waals surface area contributed by atoms with Gasteiger partial charge in [0.2, 0.25) is 0 Å². The van der Waals surface area contributed by atoms with Crippen LogP contribution in [0.2, 0.25) is 0 Å². The van der Waals surface area contributed by atoms with E-state index in [1.54, 1.807) is 24.3 Å². The van der Waals surface area contributed by atoms with Gasteiger partial charge >= 0.3 is 0 Å². The number of imide groups is 1. The number of amides is 3. The lowest BCUT2D eigenvalue weighted by Crippen LogP contribution is -2.38. The second-order valence-electron chi connectivity index (χ2n) is 9.89. The van der Waals surface area contributed by atoms with E-state index in [1.165, 1.54) is 35.5 Å². The quantitative estimate of drug-likeness (QED) is 0.367. The normalized spacial score (nSPS) is 16.1. The number of aryl methyl sites for hydroxylation is 1. The van der Waals surface area contributed by atoms with Crippen LogP contribution in [0.15, 0.2) is 42.5 Å². The summed E-state index contributed by atoms with van der Waals surface area (Å²) in [5.74, 6) is -0.428. The molecule has 9 heteroatoms. The van der Waals surface area contributed by atoms with Crippen molar-refractivity contribution >= 4 is 50.7 Å². The first-order chi connectivity index (χ1) is 17.9. The van der Waals surface area contributed by atoms with Crippen LogP contribution in [0.5, 0.6) is 0 Å². The number of thiazole rings is 1. The Morgan fingerprint density at radius 3 is 2.49 bits per heavy atom. The van der Waals surface area contributed by atoms with E-state index < -0.39 is 0 Å². The molecule has 1 saturated carbocycles. The van der Waals surface area contributed by atoms with Crippen molar-refractivity contribution in [2.45, 2.75) is 45.1 Å². The predicted molar refractivity (Wildman–Crippen MR) is 145 cm³/mol. The van der Waals surface area contributed by atoms with Gasteiger partial charge in [-0.15, -0.1) is 0 Å². The molecule has 0 bridgehead atoms. The molecule has 0 saturated heterocycles. The van der Waals surface area contributed by atoms with Gasteiger partial charge in [-0.1, -0.05) is 42.7 Å². The van der Waals surface area contributed by atoms with Gasteiger partial charge in [-0.3, -0.25) is 23.7 Å². The van der Waals surface area contributed by atoms with Crippen molar-refractivity contribution in [2.75, 3.05) is 25.5 Å².